The molecule has 0 amide bonds. The Hall–Kier alpha value is -1.31. The van der Waals surface area contributed by atoms with Gasteiger partial charge in [-0.05, 0) is 50.2 Å². The SMILES string of the molecule is Cc1c(CNC2CCC(CO)CC2)cc(C#N)n1C. The summed E-state index contributed by atoms with van der Waals surface area (Å²) >= 11 is 0. The second-order valence-electron chi connectivity index (χ2n) is 5.59. The minimum Gasteiger partial charge on any atom is -0.396 e. The smallest absolute Gasteiger partial charge is 0.120 e. The molecule has 1 fully saturated rings. The maximum absolute atomic E-state index is 9.13. The number of aliphatic hydroxyl groups is 1. The molecule has 0 radical (unpaired) electrons. The van der Waals surface area contributed by atoms with Crippen LogP contribution in [0.15, 0.2) is 6.07 Å². The average Bonchev–Trinajstić information content (AvgIpc) is 2.73. The number of hydrogen-bond donors (Lipinski definition) is 2. The Balaban J connectivity index is 1.88. The maximum Gasteiger partial charge on any atom is 0.120 e. The summed E-state index contributed by atoms with van der Waals surface area (Å²) in [5.74, 6) is 0.502. The lowest BCUT2D eigenvalue weighted by Gasteiger charge is -2.28. The van der Waals surface area contributed by atoms with Crippen molar-refractivity contribution in [1.82, 2.24) is 9.88 Å². The van der Waals surface area contributed by atoms with E-state index in [1.807, 2.05) is 17.7 Å². The first-order valence-corrected chi connectivity index (χ1v) is 7.05. The number of rotatable bonds is 4. The van der Waals surface area contributed by atoms with Crippen molar-refractivity contribution >= 4 is 0 Å². The highest BCUT2D eigenvalue weighted by molar-refractivity contribution is 5.34. The molecule has 0 atom stereocenters. The molecule has 4 nitrogen and oxygen atoms in total. The van der Waals surface area contributed by atoms with E-state index in [1.165, 1.54) is 5.56 Å². The molecule has 1 heterocycles. The van der Waals surface area contributed by atoms with Crippen molar-refractivity contribution in [1.29, 1.82) is 5.26 Å². The van der Waals surface area contributed by atoms with Gasteiger partial charge in [0.15, 0.2) is 0 Å². The third-order valence-electron chi connectivity index (χ3n) is 4.44. The molecule has 0 saturated heterocycles. The Kier molecular flexibility index (Phi) is 4.62. The van der Waals surface area contributed by atoms with Crippen molar-refractivity contribution in [2.24, 2.45) is 13.0 Å². The van der Waals surface area contributed by atoms with Crippen molar-refractivity contribution < 1.29 is 5.11 Å². The van der Waals surface area contributed by atoms with E-state index in [0.717, 1.165) is 43.6 Å². The lowest BCUT2D eigenvalue weighted by molar-refractivity contribution is 0.175. The van der Waals surface area contributed by atoms with E-state index < -0.39 is 0 Å². The summed E-state index contributed by atoms with van der Waals surface area (Å²) in [6.45, 7) is 3.21. The third-order valence-corrected chi connectivity index (χ3v) is 4.44. The highest BCUT2D eigenvalue weighted by Crippen LogP contribution is 2.24. The first kappa shape index (κ1) is 14.1. The van der Waals surface area contributed by atoms with Gasteiger partial charge in [0.05, 0.1) is 0 Å². The number of aliphatic hydroxyl groups excluding tert-OH is 1. The molecule has 0 bridgehead atoms. The van der Waals surface area contributed by atoms with E-state index in [0.29, 0.717) is 18.6 Å². The van der Waals surface area contributed by atoms with Crippen LogP contribution in [0.5, 0.6) is 0 Å². The van der Waals surface area contributed by atoms with Gasteiger partial charge in [-0.2, -0.15) is 5.26 Å². The van der Waals surface area contributed by atoms with Crippen molar-refractivity contribution in [3.05, 3.63) is 23.0 Å². The topological polar surface area (TPSA) is 61.0 Å². The fraction of sp³-hybridized carbons (Fsp3) is 0.667. The zero-order valence-electron chi connectivity index (χ0n) is 11.8. The van der Waals surface area contributed by atoms with E-state index in [9.17, 15) is 0 Å². The van der Waals surface area contributed by atoms with Gasteiger partial charge in [-0.1, -0.05) is 0 Å². The van der Waals surface area contributed by atoms with Crippen LogP contribution in [0.3, 0.4) is 0 Å². The standard InChI is InChI=1S/C15H23N3O/c1-11-13(7-15(8-16)18(11)2)9-17-14-5-3-12(10-19)4-6-14/h7,12,14,17,19H,3-6,9-10H2,1-2H3. The van der Waals surface area contributed by atoms with Crippen LogP contribution in [0.1, 0.15) is 42.6 Å². The van der Waals surface area contributed by atoms with Crippen LogP contribution in [-0.2, 0) is 13.6 Å². The minimum absolute atomic E-state index is 0.329. The molecular weight excluding hydrogens is 238 g/mol. The molecule has 1 aliphatic carbocycles. The van der Waals surface area contributed by atoms with Crippen molar-refractivity contribution in [2.45, 2.75) is 45.2 Å². The first-order chi connectivity index (χ1) is 9.15. The Bertz CT molecular complexity index is 464. The summed E-state index contributed by atoms with van der Waals surface area (Å²) in [6.07, 6.45) is 4.52. The van der Waals surface area contributed by atoms with Gasteiger partial charge in [-0.15, -0.1) is 0 Å². The third kappa shape index (κ3) is 3.17. The number of nitrogens with one attached hydrogen (secondary N) is 1. The van der Waals surface area contributed by atoms with Crippen LogP contribution in [0.2, 0.25) is 0 Å². The number of hydrogen-bond acceptors (Lipinski definition) is 3. The second-order valence-corrected chi connectivity index (χ2v) is 5.59. The van der Waals surface area contributed by atoms with Crippen LogP contribution in [0.25, 0.3) is 0 Å². The van der Waals surface area contributed by atoms with Gasteiger partial charge >= 0.3 is 0 Å². The Morgan fingerprint density at radius 2 is 2.11 bits per heavy atom. The highest BCUT2D eigenvalue weighted by atomic mass is 16.3. The predicted octanol–water partition coefficient (Wildman–Crippen LogP) is 1.85. The predicted molar refractivity (Wildman–Crippen MR) is 74.5 cm³/mol. The van der Waals surface area contributed by atoms with E-state index in [4.69, 9.17) is 10.4 Å². The molecule has 104 valence electrons. The Morgan fingerprint density at radius 1 is 1.42 bits per heavy atom. The summed E-state index contributed by atoms with van der Waals surface area (Å²) in [6, 6.07) is 4.74. The Labute approximate surface area is 115 Å². The summed E-state index contributed by atoms with van der Waals surface area (Å²) < 4.78 is 1.94. The molecule has 0 spiro atoms. The normalized spacial score (nSPS) is 23.3. The average molecular weight is 261 g/mol. The van der Waals surface area contributed by atoms with Crippen molar-refractivity contribution in [3.8, 4) is 6.07 Å². The van der Waals surface area contributed by atoms with E-state index >= 15 is 0 Å². The molecule has 1 aliphatic rings. The summed E-state index contributed by atoms with van der Waals surface area (Å²) in [5, 5.41) is 21.7. The summed E-state index contributed by atoms with van der Waals surface area (Å²) in [7, 11) is 1.93. The van der Waals surface area contributed by atoms with Gasteiger partial charge < -0.3 is 15.0 Å². The molecule has 2 rings (SSSR count). The van der Waals surface area contributed by atoms with E-state index in [2.05, 4.69) is 18.3 Å². The van der Waals surface area contributed by atoms with Gasteiger partial charge in [0, 0.05) is 31.9 Å². The monoisotopic (exact) mass is 261 g/mol. The molecule has 0 aliphatic heterocycles. The lowest BCUT2D eigenvalue weighted by atomic mass is 9.86. The quantitative estimate of drug-likeness (QED) is 0.869. The van der Waals surface area contributed by atoms with E-state index in [-0.39, 0.29) is 0 Å². The van der Waals surface area contributed by atoms with Crippen LogP contribution < -0.4 is 5.32 Å². The molecule has 4 heteroatoms. The van der Waals surface area contributed by atoms with Crippen LogP contribution >= 0.6 is 0 Å². The van der Waals surface area contributed by atoms with Crippen LogP contribution in [0.4, 0.5) is 0 Å². The van der Waals surface area contributed by atoms with Gasteiger partial charge in [-0.3, -0.25) is 0 Å². The lowest BCUT2D eigenvalue weighted by Crippen LogP contribution is -2.33. The van der Waals surface area contributed by atoms with Gasteiger partial charge in [0.1, 0.15) is 11.8 Å². The molecule has 0 aromatic carbocycles. The minimum atomic E-state index is 0.329. The van der Waals surface area contributed by atoms with Gasteiger partial charge in [0.2, 0.25) is 0 Å². The molecule has 1 saturated carbocycles. The molecule has 1 aromatic heterocycles. The zero-order chi connectivity index (χ0) is 13.8. The summed E-state index contributed by atoms with van der Waals surface area (Å²) in [5.41, 5.74) is 3.09. The van der Waals surface area contributed by atoms with E-state index in [1.54, 1.807) is 0 Å². The largest absolute Gasteiger partial charge is 0.396 e. The fourth-order valence-electron chi connectivity index (χ4n) is 2.85. The maximum atomic E-state index is 9.13. The van der Waals surface area contributed by atoms with Gasteiger partial charge in [-0.25, -0.2) is 0 Å². The van der Waals surface area contributed by atoms with Crippen LogP contribution in [0, 0.1) is 24.2 Å². The van der Waals surface area contributed by atoms with Crippen molar-refractivity contribution in [2.75, 3.05) is 6.61 Å². The number of aromatic nitrogens is 1. The highest BCUT2D eigenvalue weighted by Gasteiger charge is 2.20. The van der Waals surface area contributed by atoms with Gasteiger partial charge in [0.25, 0.3) is 0 Å². The molecule has 1 aromatic rings. The molecular formula is C15H23N3O. The molecule has 0 unspecified atom stereocenters. The van der Waals surface area contributed by atoms with Crippen LogP contribution in [-0.4, -0.2) is 22.3 Å². The first-order valence-electron chi connectivity index (χ1n) is 7.05. The molecule has 2 N–H and O–H groups in total. The number of nitrogens with zero attached hydrogens (tertiary/aromatic N) is 2. The van der Waals surface area contributed by atoms with Crippen molar-refractivity contribution in [3.63, 3.8) is 0 Å². The molecule has 19 heavy (non-hydrogen) atoms. The second kappa shape index (κ2) is 6.23. The summed E-state index contributed by atoms with van der Waals surface area (Å²) in [4.78, 5) is 0. The fourth-order valence-corrected chi connectivity index (χ4v) is 2.85. The number of nitriles is 1. The zero-order valence-corrected chi connectivity index (χ0v) is 11.8. The Morgan fingerprint density at radius 3 is 2.63 bits per heavy atom.